The summed E-state index contributed by atoms with van der Waals surface area (Å²) >= 11 is 0. The Morgan fingerprint density at radius 1 is 0.875 bits per heavy atom. The van der Waals surface area contributed by atoms with E-state index in [1.807, 2.05) is 37.3 Å². The summed E-state index contributed by atoms with van der Waals surface area (Å²) in [5.74, 6) is 0. The normalized spacial score (nSPS) is 15.1. The van der Waals surface area contributed by atoms with Gasteiger partial charge in [0.15, 0.2) is 0 Å². The fourth-order valence-corrected chi connectivity index (χ4v) is 4.11. The molecule has 1 saturated carbocycles. The van der Waals surface area contributed by atoms with Crippen LogP contribution in [0.1, 0.15) is 37.7 Å². The van der Waals surface area contributed by atoms with Gasteiger partial charge in [0.05, 0.1) is 10.6 Å². The van der Waals surface area contributed by atoms with Gasteiger partial charge in [-0.05, 0) is 56.9 Å². The Bertz CT molecular complexity index is 804. The number of aryl methyl sites for hydroxylation is 1. The molecule has 4 nitrogen and oxygen atoms in total. The van der Waals surface area contributed by atoms with Crippen molar-refractivity contribution in [2.75, 3.05) is 4.41 Å². The first-order valence-electron chi connectivity index (χ1n) is 8.31. The van der Waals surface area contributed by atoms with E-state index in [4.69, 9.17) is 0 Å². The molecule has 0 amide bonds. The second kappa shape index (κ2) is 7.18. The lowest BCUT2D eigenvalue weighted by Gasteiger charge is -2.22. The second-order valence-electron chi connectivity index (χ2n) is 6.12. The molecule has 0 aliphatic heterocycles. The summed E-state index contributed by atoms with van der Waals surface area (Å²) in [6.07, 6.45) is 5.08. The predicted octanol–water partition coefficient (Wildman–Crippen LogP) is 4.51. The number of hydrogen-bond acceptors (Lipinski definition) is 3. The number of anilines is 1. The Kier molecular flexibility index (Phi) is 5.00. The van der Waals surface area contributed by atoms with Crippen LogP contribution in [0.5, 0.6) is 0 Å². The number of para-hydroxylation sites is 1. The van der Waals surface area contributed by atoms with E-state index in [1.165, 1.54) is 10.8 Å². The molecule has 0 heterocycles. The lowest BCUT2D eigenvalue weighted by Crippen LogP contribution is -2.28. The smallest absolute Gasteiger partial charge is 0.199 e. The second-order valence-corrected chi connectivity index (χ2v) is 7.89. The number of benzene rings is 2. The number of rotatable bonds is 4. The van der Waals surface area contributed by atoms with Gasteiger partial charge in [0.1, 0.15) is 0 Å². The maximum Gasteiger partial charge on any atom is 0.283 e. The van der Waals surface area contributed by atoms with E-state index in [1.54, 1.807) is 24.3 Å². The zero-order chi connectivity index (χ0) is 17.0. The highest BCUT2D eigenvalue weighted by Gasteiger charge is 2.25. The average Bonchev–Trinajstić information content (AvgIpc) is 2.61. The zero-order valence-electron chi connectivity index (χ0n) is 13.9. The van der Waals surface area contributed by atoms with Gasteiger partial charge in [-0.15, -0.1) is 0 Å². The standard InChI is InChI=1S/C19H22N2O2S/c1-16-12-14-19(15-13-16)24(22,23)21(18-10-6-3-7-11-18)20-17-8-4-2-5-9-17/h3,6-7,10-15H,2,4-5,8-9H2,1H3. The Labute approximate surface area is 143 Å². The first-order valence-corrected chi connectivity index (χ1v) is 9.75. The van der Waals surface area contributed by atoms with Gasteiger partial charge in [-0.2, -0.15) is 17.9 Å². The molecule has 2 aromatic rings. The van der Waals surface area contributed by atoms with Crippen molar-refractivity contribution in [1.82, 2.24) is 0 Å². The largest absolute Gasteiger partial charge is 0.283 e. The molecule has 24 heavy (non-hydrogen) atoms. The minimum atomic E-state index is -3.72. The van der Waals surface area contributed by atoms with Crippen LogP contribution < -0.4 is 4.41 Å². The molecule has 0 saturated heterocycles. The van der Waals surface area contributed by atoms with Crippen LogP contribution in [-0.2, 0) is 10.0 Å². The maximum atomic E-state index is 13.1. The molecule has 1 aliphatic rings. The van der Waals surface area contributed by atoms with Crippen LogP contribution in [0.4, 0.5) is 5.69 Å². The molecule has 0 bridgehead atoms. The van der Waals surface area contributed by atoms with Crippen LogP contribution in [-0.4, -0.2) is 14.1 Å². The highest BCUT2D eigenvalue weighted by Crippen LogP contribution is 2.26. The molecule has 0 spiro atoms. The van der Waals surface area contributed by atoms with Crippen LogP contribution in [0, 0.1) is 6.92 Å². The van der Waals surface area contributed by atoms with E-state index in [-0.39, 0.29) is 4.90 Å². The van der Waals surface area contributed by atoms with Gasteiger partial charge in [-0.25, -0.2) is 0 Å². The van der Waals surface area contributed by atoms with Crippen molar-refractivity contribution >= 4 is 21.4 Å². The summed E-state index contributed by atoms with van der Waals surface area (Å²) in [7, 11) is -3.72. The molecule has 0 atom stereocenters. The minimum absolute atomic E-state index is 0.261. The van der Waals surface area contributed by atoms with Gasteiger partial charge in [-0.1, -0.05) is 42.3 Å². The Morgan fingerprint density at radius 3 is 2.12 bits per heavy atom. The average molecular weight is 342 g/mol. The van der Waals surface area contributed by atoms with E-state index in [0.29, 0.717) is 5.69 Å². The van der Waals surface area contributed by atoms with E-state index in [2.05, 4.69) is 5.10 Å². The highest BCUT2D eigenvalue weighted by molar-refractivity contribution is 7.92. The van der Waals surface area contributed by atoms with Crippen LogP contribution >= 0.6 is 0 Å². The molecule has 0 radical (unpaired) electrons. The molecule has 1 fully saturated rings. The first kappa shape index (κ1) is 16.7. The van der Waals surface area contributed by atoms with Crippen molar-refractivity contribution in [1.29, 1.82) is 0 Å². The summed E-state index contributed by atoms with van der Waals surface area (Å²) < 4.78 is 27.5. The Balaban J connectivity index is 2.05. The molecule has 2 aromatic carbocycles. The number of sulfonamides is 1. The summed E-state index contributed by atoms with van der Waals surface area (Å²) in [5, 5.41) is 4.54. The molecule has 0 unspecified atom stereocenters. The van der Waals surface area contributed by atoms with E-state index >= 15 is 0 Å². The third kappa shape index (κ3) is 3.67. The van der Waals surface area contributed by atoms with Crippen LogP contribution in [0.3, 0.4) is 0 Å². The number of hydrazone groups is 1. The first-order chi connectivity index (χ1) is 11.6. The van der Waals surface area contributed by atoms with Crippen molar-refractivity contribution in [3.63, 3.8) is 0 Å². The zero-order valence-corrected chi connectivity index (χ0v) is 14.7. The summed E-state index contributed by atoms with van der Waals surface area (Å²) in [6.45, 7) is 1.94. The molecule has 0 aromatic heterocycles. The highest BCUT2D eigenvalue weighted by atomic mass is 32.2. The van der Waals surface area contributed by atoms with Crippen molar-refractivity contribution < 1.29 is 8.42 Å². The third-order valence-electron chi connectivity index (χ3n) is 4.19. The molecule has 3 rings (SSSR count). The lowest BCUT2D eigenvalue weighted by molar-refractivity contribution is 0.591. The molecular weight excluding hydrogens is 320 g/mol. The predicted molar refractivity (Wildman–Crippen MR) is 97.8 cm³/mol. The van der Waals surface area contributed by atoms with Gasteiger partial charge < -0.3 is 0 Å². The van der Waals surface area contributed by atoms with E-state index < -0.39 is 10.0 Å². The van der Waals surface area contributed by atoms with Gasteiger partial charge in [0.2, 0.25) is 0 Å². The Hall–Kier alpha value is -2.14. The van der Waals surface area contributed by atoms with Crippen LogP contribution in [0.2, 0.25) is 0 Å². The molecule has 1 aliphatic carbocycles. The number of nitrogens with zero attached hydrogens (tertiary/aromatic N) is 2. The molecule has 0 N–H and O–H groups in total. The van der Waals surface area contributed by atoms with E-state index in [9.17, 15) is 8.42 Å². The Morgan fingerprint density at radius 2 is 1.50 bits per heavy atom. The summed E-state index contributed by atoms with van der Waals surface area (Å²) in [4.78, 5) is 0.261. The maximum absolute atomic E-state index is 13.1. The van der Waals surface area contributed by atoms with Crippen molar-refractivity contribution in [3.8, 4) is 0 Å². The lowest BCUT2D eigenvalue weighted by atomic mass is 9.99. The van der Waals surface area contributed by atoms with Gasteiger partial charge in [0, 0.05) is 5.71 Å². The molecule has 126 valence electrons. The quantitative estimate of drug-likeness (QED) is 0.768. The van der Waals surface area contributed by atoms with Gasteiger partial charge in [-0.3, -0.25) is 0 Å². The van der Waals surface area contributed by atoms with E-state index in [0.717, 1.165) is 37.0 Å². The topological polar surface area (TPSA) is 49.7 Å². The fourth-order valence-electron chi connectivity index (χ4n) is 2.80. The minimum Gasteiger partial charge on any atom is -0.199 e. The molecular formula is C19H22N2O2S. The van der Waals surface area contributed by atoms with Crippen LogP contribution in [0.25, 0.3) is 0 Å². The third-order valence-corrected chi connectivity index (χ3v) is 5.80. The monoisotopic (exact) mass is 342 g/mol. The summed E-state index contributed by atoms with van der Waals surface area (Å²) in [5.41, 5.74) is 2.55. The van der Waals surface area contributed by atoms with Gasteiger partial charge in [0.25, 0.3) is 10.0 Å². The van der Waals surface area contributed by atoms with Gasteiger partial charge >= 0.3 is 0 Å². The molecule has 5 heteroatoms. The summed E-state index contributed by atoms with van der Waals surface area (Å²) in [6, 6.07) is 16.0. The fraction of sp³-hybridized carbons (Fsp3) is 0.316. The van der Waals surface area contributed by atoms with Crippen molar-refractivity contribution in [2.45, 2.75) is 43.9 Å². The van der Waals surface area contributed by atoms with Crippen molar-refractivity contribution in [3.05, 3.63) is 60.2 Å². The SMILES string of the molecule is Cc1ccc(S(=O)(=O)N(N=C2CCCCC2)c2ccccc2)cc1. The number of hydrogen-bond donors (Lipinski definition) is 0. The van der Waals surface area contributed by atoms with Crippen molar-refractivity contribution in [2.24, 2.45) is 5.10 Å². The van der Waals surface area contributed by atoms with Crippen LogP contribution in [0.15, 0.2) is 64.6 Å².